The molecule has 2 aromatic carbocycles. The Morgan fingerprint density at radius 3 is 1.84 bits per heavy atom. The molecule has 5 nitrogen and oxygen atoms in total. The van der Waals surface area contributed by atoms with E-state index < -0.39 is 24.4 Å². The summed E-state index contributed by atoms with van der Waals surface area (Å²) in [6.07, 6.45) is -3.45. The number of rotatable bonds is 5. The smallest absolute Gasteiger partial charge is 0.109 e. The fourth-order valence-electron chi connectivity index (χ4n) is 3.60. The Kier molecular flexibility index (Phi) is 5.83. The number of hydrogen-bond acceptors (Lipinski definition) is 5. The molecule has 4 N–H and O–H groups in total. The number of aliphatic hydroxyl groups excluding tert-OH is 4. The second-order valence-electron chi connectivity index (χ2n) is 6.63. The first-order chi connectivity index (χ1) is 12.1. The van der Waals surface area contributed by atoms with Gasteiger partial charge >= 0.3 is 0 Å². The van der Waals surface area contributed by atoms with Crippen LogP contribution in [0.3, 0.4) is 0 Å². The standard InChI is InChI=1S/C20H25NO4/c22-13-17-19(24)20(25)18(23)12-21(17)11-16(14-7-3-1-4-8-14)15-9-5-2-6-10-15/h1-10,16-20,22-25H,11-13H2/t17-,18+,19-,20-/m1/s1. The zero-order chi connectivity index (χ0) is 17.8. The molecule has 0 aliphatic carbocycles. The van der Waals surface area contributed by atoms with Crippen molar-refractivity contribution in [3.05, 3.63) is 71.8 Å². The lowest BCUT2D eigenvalue weighted by atomic mass is 9.88. The number of likely N-dealkylation sites (tertiary alicyclic amines) is 1. The highest BCUT2D eigenvalue weighted by Crippen LogP contribution is 2.29. The lowest BCUT2D eigenvalue weighted by molar-refractivity contribution is -0.145. The van der Waals surface area contributed by atoms with Crippen LogP contribution in [0.5, 0.6) is 0 Å². The molecule has 5 heteroatoms. The minimum absolute atomic E-state index is 0.0334. The number of nitrogens with zero attached hydrogens (tertiary/aromatic N) is 1. The number of piperidine rings is 1. The van der Waals surface area contributed by atoms with Crippen LogP contribution in [-0.2, 0) is 0 Å². The van der Waals surface area contributed by atoms with Crippen LogP contribution in [0, 0.1) is 0 Å². The summed E-state index contributed by atoms with van der Waals surface area (Å²) in [6.45, 7) is 0.459. The van der Waals surface area contributed by atoms with Gasteiger partial charge in [0.1, 0.15) is 12.2 Å². The van der Waals surface area contributed by atoms with Crippen molar-refractivity contribution in [3.63, 3.8) is 0 Å². The highest BCUT2D eigenvalue weighted by atomic mass is 16.4. The molecule has 134 valence electrons. The summed E-state index contributed by atoms with van der Waals surface area (Å²) >= 11 is 0. The van der Waals surface area contributed by atoms with Crippen molar-refractivity contribution in [3.8, 4) is 0 Å². The molecule has 0 radical (unpaired) electrons. The quantitative estimate of drug-likeness (QED) is 0.638. The van der Waals surface area contributed by atoms with Crippen molar-refractivity contribution >= 4 is 0 Å². The van der Waals surface area contributed by atoms with Gasteiger partial charge in [0, 0.05) is 19.0 Å². The fraction of sp³-hybridized carbons (Fsp3) is 0.400. The minimum atomic E-state index is -1.24. The molecule has 0 aromatic heterocycles. The van der Waals surface area contributed by atoms with Crippen LogP contribution in [-0.4, -0.2) is 69.4 Å². The van der Waals surface area contributed by atoms with E-state index in [9.17, 15) is 20.4 Å². The Balaban J connectivity index is 1.89. The van der Waals surface area contributed by atoms with Gasteiger partial charge in [-0.25, -0.2) is 0 Å². The SMILES string of the molecule is OC[C@@H]1[C@@H](O)[C@H](O)[C@@H](O)CN1CC(c1ccccc1)c1ccccc1. The minimum Gasteiger partial charge on any atom is -0.395 e. The van der Waals surface area contributed by atoms with Crippen LogP contribution in [0.1, 0.15) is 17.0 Å². The van der Waals surface area contributed by atoms with Gasteiger partial charge in [-0.15, -0.1) is 0 Å². The molecular weight excluding hydrogens is 318 g/mol. The van der Waals surface area contributed by atoms with E-state index >= 15 is 0 Å². The number of hydrogen-bond donors (Lipinski definition) is 4. The third kappa shape index (κ3) is 3.92. The van der Waals surface area contributed by atoms with Gasteiger partial charge in [-0.05, 0) is 11.1 Å². The topological polar surface area (TPSA) is 84.2 Å². The summed E-state index contributed by atoms with van der Waals surface area (Å²) in [7, 11) is 0. The third-order valence-corrected chi connectivity index (χ3v) is 5.04. The van der Waals surface area contributed by atoms with E-state index in [4.69, 9.17) is 0 Å². The zero-order valence-corrected chi connectivity index (χ0v) is 14.0. The van der Waals surface area contributed by atoms with Gasteiger partial charge in [0.25, 0.3) is 0 Å². The van der Waals surface area contributed by atoms with E-state index in [0.717, 1.165) is 11.1 Å². The number of β-amino-alcohol motifs (C(OH)–C–C–N with tert-alkyl or cyclic N) is 1. The molecule has 0 amide bonds. The van der Waals surface area contributed by atoms with Crippen molar-refractivity contribution in [1.29, 1.82) is 0 Å². The van der Waals surface area contributed by atoms with Crippen molar-refractivity contribution in [1.82, 2.24) is 4.90 Å². The molecule has 1 fully saturated rings. The lowest BCUT2D eigenvalue weighted by Crippen LogP contribution is -2.63. The van der Waals surface area contributed by atoms with Crippen molar-refractivity contribution in [2.24, 2.45) is 0 Å². The Labute approximate surface area is 147 Å². The summed E-state index contributed by atoms with van der Waals surface area (Å²) in [5.41, 5.74) is 2.25. The predicted molar refractivity (Wildman–Crippen MR) is 95.2 cm³/mol. The average Bonchev–Trinajstić information content (AvgIpc) is 2.66. The van der Waals surface area contributed by atoms with Crippen molar-refractivity contribution in [2.45, 2.75) is 30.3 Å². The van der Waals surface area contributed by atoms with Gasteiger partial charge in [-0.3, -0.25) is 4.90 Å². The Hall–Kier alpha value is -1.76. The van der Waals surface area contributed by atoms with Crippen molar-refractivity contribution < 1.29 is 20.4 Å². The van der Waals surface area contributed by atoms with Gasteiger partial charge in [-0.1, -0.05) is 60.7 Å². The van der Waals surface area contributed by atoms with Gasteiger partial charge < -0.3 is 20.4 Å². The first-order valence-electron chi connectivity index (χ1n) is 8.60. The van der Waals surface area contributed by atoms with Gasteiger partial charge in [0.2, 0.25) is 0 Å². The lowest BCUT2D eigenvalue weighted by Gasteiger charge is -2.44. The molecule has 25 heavy (non-hydrogen) atoms. The predicted octanol–water partition coefficient (Wildman–Crippen LogP) is 0.578. The summed E-state index contributed by atoms with van der Waals surface area (Å²) in [5.74, 6) is 0.0334. The summed E-state index contributed by atoms with van der Waals surface area (Å²) < 4.78 is 0. The average molecular weight is 343 g/mol. The summed E-state index contributed by atoms with van der Waals surface area (Å²) in [5, 5.41) is 39.9. The molecule has 1 heterocycles. The second kappa shape index (κ2) is 8.08. The Morgan fingerprint density at radius 2 is 1.36 bits per heavy atom. The van der Waals surface area contributed by atoms with Crippen LogP contribution in [0.15, 0.2) is 60.7 Å². The monoisotopic (exact) mass is 343 g/mol. The van der Waals surface area contributed by atoms with Crippen molar-refractivity contribution in [2.75, 3.05) is 19.7 Å². The molecular formula is C20H25NO4. The molecule has 1 aliphatic heterocycles. The van der Waals surface area contributed by atoms with Crippen LogP contribution in [0.25, 0.3) is 0 Å². The van der Waals surface area contributed by atoms with Crippen LogP contribution in [0.2, 0.25) is 0 Å². The first kappa shape index (κ1) is 18.0. The van der Waals surface area contributed by atoms with Crippen LogP contribution >= 0.6 is 0 Å². The van der Waals surface area contributed by atoms with Gasteiger partial charge in [0.05, 0.1) is 18.8 Å². The highest BCUT2D eigenvalue weighted by Gasteiger charge is 2.41. The molecule has 0 saturated carbocycles. The van der Waals surface area contributed by atoms with Crippen LogP contribution < -0.4 is 0 Å². The van der Waals surface area contributed by atoms with E-state index in [0.29, 0.717) is 6.54 Å². The molecule has 1 aliphatic rings. The normalized spacial score (nSPS) is 27.6. The summed E-state index contributed by atoms with van der Waals surface area (Å²) in [4.78, 5) is 1.87. The molecule has 0 bridgehead atoms. The maximum absolute atomic E-state index is 10.2. The fourth-order valence-corrected chi connectivity index (χ4v) is 3.60. The maximum Gasteiger partial charge on any atom is 0.109 e. The summed E-state index contributed by atoms with van der Waals surface area (Å²) in [6, 6.07) is 19.5. The van der Waals surface area contributed by atoms with E-state index in [1.165, 1.54) is 0 Å². The van der Waals surface area contributed by atoms with E-state index in [1.54, 1.807) is 0 Å². The largest absolute Gasteiger partial charge is 0.395 e. The van der Waals surface area contributed by atoms with Crippen LogP contribution in [0.4, 0.5) is 0 Å². The van der Waals surface area contributed by atoms with E-state index in [2.05, 4.69) is 24.3 Å². The molecule has 3 rings (SSSR count). The van der Waals surface area contributed by atoms with E-state index in [1.807, 2.05) is 41.3 Å². The highest BCUT2D eigenvalue weighted by molar-refractivity contribution is 5.33. The molecule has 4 atom stereocenters. The van der Waals surface area contributed by atoms with E-state index in [-0.39, 0.29) is 19.1 Å². The Morgan fingerprint density at radius 1 is 0.840 bits per heavy atom. The molecule has 0 unspecified atom stereocenters. The molecule has 0 spiro atoms. The molecule has 2 aromatic rings. The Bertz CT molecular complexity index is 612. The van der Waals surface area contributed by atoms with Gasteiger partial charge in [0.15, 0.2) is 0 Å². The third-order valence-electron chi connectivity index (χ3n) is 5.04. The number of benzene rings is 2. The first-order valence-corrected chi connectivity index (χ1v) is 8.60. The molecule has 1 saturated heterocycles. The zero-order valence-electron chi connectivity index (χ0n) is 14.0. The second-order valence-corrected chi connectivity index (χ2v) is 6.63. The van der Waals surface area contributed by atoms with Gasteiger partial charge in [-0.2, -0.15) is 0 Å². The maximum atomic E-state index is 10.2. The number of aliphatic hydroxyl groups is 4.